The Bertz CT molecular complexity index is 1070. The highest BCUT2D eigenvalue weighted by atomic mass is 79.9. The lowest BCUT2D eigenvalue weighted by atomic mass is 10.0. The van der Waals surface area contributed by atoms with Gasteiger partial charge in [0.15, 0.2) is 5.11 Å². The molecule has 0 unspecified atom stereocenters. The molecule has 1 aliphatic rings. The van der Waals surface area contributed by atoms with Crippen LogP contribution in [0.1, 0.15) is 11.1 Å². The predicted molar refractivity (Wildman–Crippen MR) is 122 cm³/mol. The highest BCUT2D eigenvalue weighted by Gasteiger charge is 2.35. The van der Waals surface area contributed by atoms with Crippen LogP contribution in [0.25, 0.3) is 6.08 Å². The van der Waals surface area contributed by atoms with E-state index in [1.54, 1.807) is 18.2 Å². The fraction of sp³-hybridized carbons (Fsp3) is 0.150. The van der Waals surface area contributed by atoms with Gasteiger partial charge in [-0.3, -0.25) is 19.8 Å². The lowest BCUT2D eigenvalue weighted by Crippen LogP contribution is -2.54. The Morgan fingerprint density at radius 2 is 1.76 bits per heavy atom. The van der Waals surface area contributed by atoms with E-state index in [9.17, 15) is 9.59 Å². The van der Waals surface area contributed by atoms with Crippen LogP contribution in [0.3, 0.4) is 0 Å². The van der Waals surface area contributed by atoms with Gasteiger partial charge in [-0.15, -0.1) is 0 Å². The zero-order valence-electron chi connectivity index (χ0n) is 15.7. The summed E-state index contributed by atoms with van der Waals surface area (Å²) in [5.41, 5.74) is 1.91. The second-order valence-electron chi connectivity index (χ2n) is 6.12. The molecular formula is C20H16Br2N2O4S. The number of methoxy groups -OCH3 is 2. The Hall–Kier alpha value is -2.23. The number of carbonyl (C=O) groups is 2. The summed E-state index contributed by atoms with van der Waals surface area (Å²) in [5, 5.41) is 2.62. The van der Waals surface area contributed by atoms with Crippen LogP contribution in [0, 0.1) is 6.92 Å². The van der Waals surface area contributed by atoms with Crippen LogP contribution in [0.2, 0.25) is 0 Å². The summed E-state index contributed by atoms with van der Waals surface area (Å²) in [6, 6.07) is 8.83. The van der Waals surface area contributed by atoms with Gasteiger partial charge in [0.2, 0.25) is 0 Å². The summed E-state index contributed by atoms with van der Waals surface area (Å²) in [7, 11) is 3.04. The molecule has 1 aliphatic heterocycles. The molecule has 2 amide bonds. The zero-order chi connectivity index (χ0) is 21.3. The fourth-order valence-electron chi connectivity index (χ4n) is 2.90. The molecule has 2 aromatic rings. The maximum absolute atomic E-state index is 13.2. The minimum Gasteiger partial charge on any atom is -0.496 e. The molecule has 2 aromatic carbocycles. The summed E-state index contributed by atoms with van der Waals surface area (Å²) in [6.07, 6.45) is 1.48. The van der Waals surface area contributed by atoms with Crippen LogP contribution in [-0.4, -0.2) is 31.1 Å². The maximum Gasteiger partial charge on any atom is 0.270 e. The first-order chi connectivity index (χ1) is 13.8. The average Bonchev–Trinajstić information content (AvgIpc) is 2.66. The second-order valence-corrected chi connectivity index (χ2v) is 8.27. The van der Waals surface area contributed by atoms with Crippen LogP contribution in [-0.2, 0) is 9.59 Å². The van der Waals surface area contributed by atoms with E-state index in [4.69, 9.17) is 21.7 Å². The number of aryl methyl sites for hydroxylation is 1. The normalized spacial score (nSPS) is 15.6. The highest BCUT2D eigenvalue weighted by Crippen LogP contribution is 2.35. The van der Waals surface area contributed by atoms with E-state index in [2.05, 4.69) is 37.2 Å². The number of nitrogens with one attached hydrogen (secondary N) is 1. The molecule has 3 rings (SSSR count). The van der Waals surface area contributed by atoms with Gasteiger partial charge in [0.25, 0.3) is 11.8 Å². The average molecular weight is 540 g/mol. The zero-order valence-corrected chi connectivity index (χ0v) is 19.7. The number of carbonyl (C=O) groups excluding carboxylic acids is 2. The molecule has 1 saturated heterocycles. The third-order valence-corrected chi connectivity index (χ3v) is 5.70. The van der Waals surface area contributed by atoms with E-state index in [0.717, 1.165) is 10.0 Å². The topological polar surface area (TPSA) is 67.9 Å². The lowest BCUT2D eigenvalue weighted by molar-refractivity contribution is -0.122. The summed E-state index contributed by atoms with van der Waals surface area (Å²) in [5.74, 6) is -0.0624. The first kappa shape index (κ1) is 21.5. The number of halogens is 2. The first-order valence-corrected chi connectivity index (χ1v) is 10.4. The number of hydrogen-bond acceptors (Lipinski definition) is 5. The summed E-state index contributed by atoms with van der Waals surface area (Å²) in [6.45, 7) is 1.86. The van der Waals surface area contributed by atoms with Gasteiger partial charge < -0.3 is 9.47 Å². The molecule has 1 fully saturated rings. The van der Waals surface area contributed by atoms with E-state index in [0.29, 0.717) is 27.2 Å². The molecule has 150 valence electrons. The molecule has 1 N–H and O–H groups in total. The largest absolute Gasteiger partial charge is 0.496 e. The Labute approximate surface area is 190 Å². The molecule has 0 spiro atoms. The molecule has 0 saturated carbocycles. The number of ether oxygens (including phenoxy) is 2. The van der Waals surface area contributed by atoms with Crippen molar-refractivity contribution in [2.75, 3.05) is 19.1 Å². The summed E-state index contributed by atoms with van der Waals surface area (Å²) >= 11 is 12.1. The van der Waals surface area contributed by atoms with Crippen LogP contribution in [0.5, 0.6) is 11.5 Å². The molecule has 0 radical (unpaired) electrons. The van der Waals surface area contributed by atoms with Gasteiger partial charge in [-0.25, -0.2) is 0 Å². The molecule has 0 atom stereocenters. The predicted octanol–water partition coefficient (Wildman–Crippen LogP) is 4.37. The molecule has 0 bridgehead atoms. The molecule has 29 heavy (non-hydrogen) atoms. The van der Waals surface area contributed by atoms with Crippen molar-refractivity contribution >= 4 is 72.8 Å². The van der Waals surface area contributed by atoms with Crippen molar-refractivity contribution in [2.45, 2.75) is 6.92 Å². The second kappa shape index (κ2) is 8.64. The van der Waals surface area contributed by atoms with Gasteiger partial charge in [0.1, 0.15) is 17.1 Å². The van der Waals surface area contributed by atoms with Gasteiger partial charge >= 0.3 is 0 Å². The monoisotopic (exact) mass is 538 g/mol. The summed E-state index contributed by atoms with van der Waals surface area (Å²) < 4.78 is 12.2. The molecule has 6 nitrogen and oxygen atoms in total. The third-order valence-electron chi connectivity index (χ3n) is 4.31. The number of anilines is 1. The third kappa shape index (κ3) is 4.22. The van der Waals surface area contributed by atoms with Gasteiger partial charge in [-0.2, -0.15) is 0 Å². The van der Waals surface area contributed by atoms with Crippen LogP contribution in [0.4, 0.5) is 5.69 Å². The molecule has 0 aromatic heterocycles. The number of hydrogen-bond donors (Lipinski definition) is 1. The van der Waals surface area contributed by atoms with Crippen molar-refractivity contribution in [3.8, 4) is 11.5 Å². The number of nitrogens with zero attached hydrogens (tertiary/aromatic N) is 1. The minimum absolute atomic E-state index is 0.0328. The minimum atomic E-state index is -0.569. The Kier molecular flexibility index (Phi) is 6.40. The van der Waals surface area contributed by atoms with Crippen LogP contribution in [0.15, 0.2) is 44.9 Å². The SMILES string of the molecule is COc1cc(OC)c(/C=C2\C(=O)NC(=S)N(c3ccc(Br)cc3C)C2=O)cc1Br. The van der Waals surface area contributed by atoms with Crippen LogP contribution < -0.4 is 19.7 Å². The smallest absolute Gasteiger partial charge is 0.270 e. The first-order valence-electron chi connectivity index (χ1n) is 8.36. The summed E-state index contributed by atoms with van der Waals surface area (Å²) in [4.78, 5) is 27.1. The highest BCUT2D eigenvalue weighted by molar-refractivity contribution is 9.10. The van der Waals surface area contributed by atoms with Gasteiger partial charge in [0.05, 0.1) is 24.4 Å². The maximum atomic E-state index is 13.2. The van der Waals surface area contributed by atoms with Crippen molar-refractivity contribution in [3.05, 3.63) is 56.0 Å². The van der Waals surface area contributed by atoms with E-state index < -0.39 is 11.8 Å². The van der Waals surface area contributed by atoms with Crippen molar-refractivity contribution in [1.82, 2.24) is 5.32 Å². The Morgan fingerprint density at radius 3 is 2.38 bits per heavy atom. The quantitative estimate of drug-likeness (QED) is 0.355. The van der Waals surface area contributed by atoms with Crippen molar-refractivity contribution in [1.29, 1.82) is 0 Å². The van der Waals surface area contributed by atoms with Crippen molar-refractivity contribution in [2.24, 2.45) is 0 Å². The number of amides is 2. The van der Waals surface area contributed by atoms with E-state index in [1.165, 1.54) is 25.2 Å². The van der Waals surface area contributed by atoms with E-state index >= 15 is 0 Å². The van der Waals surface area contributed by atoms with Gasteiger partial charge in [-0.1, -0.05) is 15.9 Å². The van der Waals surface area contributed by atoms with Crippen molar-refractivity contribution in [3.63, 3.8) is 0 Å². The molecular weight excluding hydrogens is 524 g/mol. The van der Waals surface area contributed by atoms with E-state index in [-0.39, 0.29) is 10.7 Å². The van der Waals surface area contributed by atoms with Gasteiger partial charge in [0, 0.05) is 16.1 Å². The fourth-order valence-corrected chi connectivity index (χ4v) is 4.17. The lowest BCUT2D eigenvalue weighted by Gasteiger charge is -2.30. The molecule has 9 heteroatoms. The number of thiocarbonyl (C=S) groups is 1. The molecule has 1 heterocycles. The standard InChI is InChI=1S/C20H16Br2N2O4S/c1-10-6-12(21)4-5-15(10)24-19(26)13(18(25)23-20(24)29)7-11-8-14(22)17(28-3)9-16(11)27-2/h4-9H,1-3H3,(H,23,25,29)/b13-7+. The molecule has 0 aliphatic carbocycles. The van der Waals surface area contributed by atoms with Crippen LogP contribution >= 0.6 is 44.1 Å². The Balaban J connectivity index is 2.10. The van der Waals surface area contributed by atoms with Gasteiger partial charge in [-0.05, 0) is 71.0 Å². The number of benzene rings is 2. The van der Waals surface area contributed by atoms with E-state index in [1.807, 2.05) is 19.1 Å². The van der Waals surface area contributed by atoms with Crippen molar-refractivity contribution < 1.29 is 19.1 Å². The number of rotatable bonds is 4. The Morgan fingerprint density at radius 1 is 1.07 bits per heavy atom.